The number of carboxylic acids is 1. The number of likely N-dealkylation sites (N-methyl/N-ethyl adjacent to an activating group) is 1. The molecule has 0 saturated carbocycles. The molecular weight excluding hydrogens is 344 g/mol. The Morgan fingerprint density at radius 1 is 1.32 bits per heavy atom. The number of carbonyl (C=O) groups is 2. The highest BCUT2D eigenvalue weighted by molar-refractivity contribution is 7.89. The number of hydrogen-bond donors (Lipinski definition) is 1. The van der Waals surface area contributed by atoms with Gasteiger partial charge in [-0.2, -0.15) is 4.31 Å². The zero-order valence-corrected chi connectivity index (χ0v) is 14.9. The molecule has 0 spiro atoms. The molecule has 0 atom stereocenters. The number of nitrogens with zero attached hydrogens (tertiary/aromatic N) is 2. The van der Waals surface area contributed by atoms with Crippen molar-refractivity contribution in [1.82, 2.24) is 9.21 Å². The number of rotatable bonds is 6. The summed E-state index contributed by atoms with van der Waals surface area (Å²) in [4.78, 5) is 24.9. The number of benzene rings is 1. The molecule has 0 radical (unpaired) electrons. The maximum atomic E-state index is 12.8. The zero-order valence-electron chi connectivity index (χ0n) is 14.1. The molecule has 1 aliphatic heterocycles. The average molecular weight is 366 g/mol. The summed E-state index contributed by atoms with van der Waals surface area (Å²) < 4.78 is 26.8. The number of carboxylic acid groups (broad SMARTS) is 1. The summed E-state index contributed by atoms with van der Waals surface area (Å²) in [5.41, 5.74) is -0.244. The first-order valence-electron chi connectivity index (χ1n) is 7.97. The van der Waals surface area contributed by atoms with Gasteiger partial charge in [0.05, 0.1) is 10.5 Å². The summed E-state index contributed by atoms with van der Waals surface area (Å²) in [5, 5.41) is 9.21. The average Bonchev–Trinajstić information content (AvgIpc) is 2.61. The van der Waals surface area contributed by atoms with Gasteiger partial charge in [-0.25, -0.2) is 13.2 Å². The molecule has 2 rings (SSSR count). The molecule has 8 heteroatoms. The standard InChI is InChI=1S/C17H22N2O5S/c1-3-10-18(2)16(20)13-8-11-19(12-9-13)25(23,24)15-7-5-4-6-14(15)17(21)22/h3-7,13H,1,8-12H2,2H3,(H,21,22). The molecule has 1 N–H and O–H groups in total. The second-order valence-corrected chi connectivity index (χ2v) is 7.89. The molecule has 0 aromatic heterocycles. The Morgan fingerprint density at radius 3 is 2.48 bits per heavy atom. The third-order valence-corrected chi connectivity index (χ3v) is 6.27. The summed E-state index contributed by atoms with van der Waals surface area (Å²) in [6.07, 6.45) is 2.46. The second-order valence-electron chi connectivity index (χ2n) is 5.99. The van der Waals surface area contributed by atoms with Crippen molar-refractivity contribution in [2.24, 2.45) is 5.92 Å². The van der Waals surface area contributed by atoms with E-state index in [1.165, 1.54) is 28.6 Å². The van der Waals surface area contributed by atoms with Crippen LogP contribution in [-0.2, 0) is 14.8 Å². The van der Waals surface area contributed by atoms with Gasteiger partial charge in [-0.1, -0.05) is 18.2 Å². The van der Waals surface area contributed by atoms with E-state index in [1.807, 2.05) is 0 Å². The fraction of sp³-hybridized carbons (Fsp3) is 0.412. The SMILES string of the molecule is C=CCN(C)C(=O)C1CCN(S(=O)(=O)c2ccccc2C(=O)O)CC1. The first-order valence-corrected chi connectivity index (χ1v) is 9.41. The molecule has 1 amide bonds. The summed E-state index contributed by atoms with van der Waals surface area (Å²) in [7, 11) is -2.22. The normalized spacial score (nSPS) is 16.4. The lowest BCUT2D eigenvalue weighted by atomic mass is 9.97. The van der Waals surface area contributed by atoms with E-state index in [0.29, 0.717) is 19.4 Å². The van der Waals surface area contributed by atoms with Crippen molar-refractivity contribution >= 4 is 21.9 Å². The molecule has 7 nitrogen and oxygen atoms in total. The van der Waals surface area contributed by atoms with Crippen LogP contribution in [0.5, 0.6) is 0 Å². The summed E-state index contributed by atoms with van der Waals surface area (Å²) in [6.45, 7) is 4.43. The number of hydrogen-bond acceptors (Lipinski definition) is 4. The first-order chi connectivity index (χ1) is 11.8. The van der Waals surface area contributed by atoms with Crippen LogP contribution >= 0.6 is 0 Å². The van der Waals surface area contributed by atoms with Crippen LogP contribution in [0.4, 0.5) is 0 Å². The van der Waals surface area contributed by atoms with E-state index in [1.54, 1.807) is 18.0 Å². The number of amides is 1. The Kier molecular flexibility index (Phi) is 5.97. The molecule has 1 fully saturated rings. The van der Waals surface area contributed by atoms with Crippen LogP contribution in [0.2, 0.25) is 0 Å². The van der Waals surface area contributed by atoms with Crippen molar-refractivity contribution in [2.45, 2.75) is 17.7 Å². The van der Waals surface area contributed by atoms with E-state index < -0.39 is 16.0 Å². The minimum absolute atomic E-state index is 0.0251. The van der Waals surface area contributed by atoms with Gasteiger partial charge in [-0.3, -0.25) is 4.79 Å². The lowest BCUT2D eigenvalue weighted by Crippen LogP contribution is -2.43. The molecule has 136 valence electrons. The molecule has 25 heavy (non-hydrogen) atoms. The number of carbonyl (C=O) groups excluding carboxylic acids is 1. The third kappa shape index (κ3) is 4.08. The Balaban J connectivity index is 2.14. The summed E-state index contributed by atoms with van der Waals surface area (Å²) >= 11 is 0. The Labute approximate surface area is 147 Å². The largest absolute Gasteiger partial charge is 0.478 e. The van der Waals surface area contributed by atoms with Gasteiger partial charge in [0.25, 0.3) is 0 Å². The van der Waals surface area contributed by atoms with Gasteiger partial charge < -0.3 is 10.0 Å². The molecule has 1 aromatic rings. The number of piperidine rings is 1. The fourth-order valence-corrected chi connectivity index (χ4v) is 4.60. The highest BCUT2D eigenvalue weighted by atomic mass is 32.2. The van der Waals surface area contributed by atoms with Gasteiger partial charge in [0.15, 0.2) is 0 Å². The van der Waals surface area contributed by atoms with Crippen LogP contribution in [0.1, 0.15) is 23.2 Å². The van der Waals surface area contributed by atoms with E-state index in [4.69, 9.17) is 0 Å². The van der Waals surface area contributed by atoms with Crippen molar-refractivity contribution in [1.29, 1.82) is 0 Å². The quantitative estimate of drug-likeness (QED) is 0.769. The molecule has 1 saturated heterocycles. The highest BCUT2D eigenvalue weighted by Gasteiger charge is 2.34. The van der Waals surface area contributed by atoms with Crippen LogP contribution in [0.15, 0.2) is 41.8 Å². The predicted molar refractivity (Wildman–Crippen MR) is 92.7 cm³/mol. The van der Waals surface area contributed by atoms with E-state index >= 15 is 0 Å². The van der Waals surface area contributed by atoms with E-state index in [2.05, 4.69) is 6.58 Å². The first kappa shape index (κ1) is 19.1. The van der Waals surface area contributed by atoms with Crippen molar-refractivity contribution in [3.05, 3.63) is 42.5 Å². The molecule has 0 unspecified atom stereocenters. The Bertz CT molecular complexity index is 767. The third-order valence-electron chi connectivity index (χ3n) is 4.32. The summed E-state index contributed by atoms with van der Waals surface area (Å²) in [5.74, 6) is -1.54. The van der Waals surface area contributed by atoms with Crippen molar-refractivity contribution < 1.29 is 23.1 Å². The Hall–Kier alpha value is -2.19. The monoisotopic (exact) mass is 366 g/mol. The smallest absolute Gasteiger partial charge is 0.337 e. The fourth-order valence-electron chi connectivity index (χ4n) is 2.95. The van der Waals surface area contributed by atoms with Gasteiger partial charge in [0.2, 0.25) is 15.9 Å². The van der Waals surface area contributed by atoms with Gasteiger partial charge >= 0.3 is 5.97 Å². The van der Waals surface area contributed by atoms with E-state index in [9.17, 15) is 23.1 Å². The predicted octanol–water partition coefficient (Wildman–Crippen LogP) is 1.43. The van der Waals surface area contributed by atoms with Gasteiger partial charge in [-0.15, -0.1) is 6.58 Å². The zero-order chi connectivity index (χ0) is 18.6. The van der Waals surface area contributed by atoms with Crippen LogP contribution < -0.4 is 0 Å². The van der Waals surface area contributed by atoms with Crippen LogP contribution in [-0.4, -0.2) is 61.3 Å². The van der Waals surface area contributed by atoms with Crippen molar-refractivity contribution in [2.75, 3.05) is 26.7 Å². The summed E-state index contributed by atoms with van der Waals surface area (Å²) in [6, 6.07) is 5.56. The van der Waals surface area contributed by atoms with Crippen molar-refractivity contribution in [3.63, 3.8) is 0 Å². The molecule has 0 aliphatic carbocycles. The van der Waals surface area contributed by atoms with Gasteiger partial charge in [0.1, 0.15) is 0 Å². The van der Waals surface area contributed by atoms with Gasteiger partial charge in [0, 0.05) is 32.6 Å². The number of sulfonamides is 1. The van der Waals surface area contributed by atoms with Crippen molar-refractivity contribution in [3.8, 4) is 0 Å². The van der Waals surface area contributed by atoms with Crippen LogP contribution in [0.25, 0.3) is 0 Å². The Morgan fingerprint density at radius 2 is 1.92 bits per heavy atom. The molecule has 0 bridgehead atoms. The maximum absolute atomic E-state index is 12.8. The minimum atomic E-state index is -3.91. The molecule has 1 heterocycles. The van der Waals surface area contributed by atoms with Gasteiger partial charge in [-0.05, 0) is 25.0 Å². The second kappa shape index (κ2) is 7.79. The van der Waals surface area contributed by atoms with E-state index in [0.717, 1.165) is 0 Å². The lowest BCUT2D eigenvalue weighted by Gasteiger charge is -2.32. The molecule has 1 aliphatic rings. The van der Waals surface area contributed by atoms with E-state index in [-0.39, 0.29) is 35.4 Å². The minimum Gasteiger partial charge on any atom is -0.478 e. The topological polar surface area (TPSA) is 95.0 Å². The maximum Gasteiger partial charge on any atom is 0.337 e. The number of aromatic carboxylic acids is 1. The molecular formula is C17H22N2O5S. The van der Waals surface area contributed by atoms with Crippen LogP contribution in [0, 0.1) is 5.92 Å². The lowest BCUT2D eigenvalue weighted by molar-refractivity contribution is -0.134. The highest BCUT2D eigenvalue weighted by Crippen LogP contribution is 2.26. The van der Waals surface area contributed by atoms with Crippen LogP contribution in [0.3, 0.4) is 0 Å². The molecule has 1 aromatic carbocycles.